The summed E-state index contributed by atoms with van der Waals surface area (Å²) in [6.45, 7) is 4.85. The number of ether oxygens (including phenoxy) is 2. The highest BCUT2D eigenvalue weighted by molar-refractivity contribution is 5.82. The predicted octanol–water partition coefficient (Wildman–Crippen LogP) is 0.933. The first-order valence-electron chi connectivity index (χ1n) is 6.75. The van der Waals surface area contributed by atoms with Gasteiger partial charge in [0, 0.05) is 20.8 Å². The summed E-state index contributed by atoms with van der Waals surface area (Å²) < 4.78 is 10.0. The van der Waals surface area contributed by atoms with Crippen molar-refractivity contribution in [1.29, 1.82) is 0 Å². The topological polar surface area (TPSA) is 88.1 Å². The van der Waals surface area contributed by atoms with Crippen molar-refractivity contribution in [3.8, 4) is 0 Å². The van der Waals surface area contributed by atoms with Crippen molar-refractivity contribution in [1.82, 2.24) is 10.2 Å². The van der Waals surface area contributed by atoms with E-state index in [0.29, 0.717) is 32.6 Å². The van der Waals surface area contributed by atoms with Crippen LogP contribution in [0.15, 0.2) is 0 Å². The van der Waals surface area contributed by atoms with Crippen molar-refractivity contribution in [3.05, 3.63) is 0 Å². The third-order valence-electron chi connectivity index (χ3n) is 2.91. The van der Waals surface area contributed by atoms with Crippen LogP contribution in [-0.4, -0.2) is 68.1 Å². The molecule has 0 aromatic heterocycles. The van der Waals surface area contributed by atoms with Crippen LogP contribution in [0.25, 0.3) is 0 Å². The van der Waals surface area contributed by atoms with Gasteiger partial charge in [0.2, 0.25) is 0 Å². The first-order valence-corrected chi connectivity index (χ1v) is 6.75. The maximum absolute atomic E-state index is 12.2. The average Bonchev–Trinajstić information content (AvgIpc) is 2.38. The van der Waals surface area contributed by atoms with E-state index in [1.54, 1.807) is 14.2 Å². The lowest BCUT2D eigenvalue weighted by molar-refractivity contribution is -0.139. The Kier molecular flexibility index (Phi) is 9.75. The van der Waals surface area contributed by atoms with Gasteiger partial charge >= 0.3 is 12.0 Å². The van der Waals surface area contributed by atoms with Gasteiger partial charge in [0.15, 0.2) is 0 Å². The molecule has 2 atom stereocenters. The second kappa shape index (κ2) is 10.4. The molecule has 118 valence electrons. The molecule has 0 rings (SSSR count). The van der Waals surface area contributed by atoms with Crippen molar-refractivity contribution in [2.45, 2.75) is 38.8 Å². The lowest BCUT2D eigenvalue weighted by Crippen LogP contribution is -2.52. The third-order valence-corrected chi connectivity index (χ3v) is 2.91. The number of carbonyl (C=O) groups is 2. The van der Waals surface area contributed by atoms with Crippen molar-refractivity contribution < 1.29 is 24.2 Å². The Morgan fingerprint density at radius 2 is 1.95 bits per heavy atom. The van der Waals surface area contributed by atoms with Gasteiger partial charge in [0.05, 0.1) is 19.3 Å². The molecule has 0 bridgehead atoms. The zero-order valence-corrected chi connectivity index (χ0v) is 12.7. The number of methoxy groups -OCH3 is 2. The minimum Gasteiger partial charge on any atom is -0.480 e. The van der Waals surface area contributed by atoms with E-state index < -0.39 is 18.0 Å². The molecule has 0 saturated carbocycles. The molecule has 20 heavy (non-hydrogen) atoms. The molecule has 7 heteroatoms. The quantitative estimate of drug-likeness (QED) is 0.625. The van der Waals surface area contributed by atoms with Crippen LogP contribution in [0, 0.1) is 0 Å². The Morgan fingerprint density at radius 1 is 1.30 bits per heavy atom. The minimum atomic E-state index is -1.02. The van der Waals surface area contributed by atoms with Crippen LogP contribution in [0.4, 0.5) is 4.79 Å². The standard InChI is InChI=1S/C13H26N2O5/c1-5-6-11(12(16)17)14-13(18)15(7-8-19-3)10(2)9-20-4/h10-11H,5-9H2,1-4H3,(H,14,18)(H,16,17)/t10?,11-/m0/s1. The van der Waals surface area contributed by atoms with Crippen molar-refractivity contribution in [2.75, 3.05) is 34.0 Å². The number of carboxylic acid groups (broad SMARTS) is 1. The Hall–Kier alpha value is -1.34. The Balaban J connectivity index is 4.69. The number of nitrogens with zero attached hydrogens (tertiary/aromatic N) is 1. The van der Waals surface area contributed by atoms with Crippen molar-refractivity contribution in [3.63, 3.8) is 0 Å². The summed E-state index contributed by atoms with van der Waals surface area (Å²) in [7, 11) is 3.11. The fraction of sp³-hybridized carbons (Fsp3) is 0.846. The highest BCUT2D eigenvalue weighted by atomic mass is 16.5. The Labute approximate surface area is 120 Å². The minimum absolute atomic E-state index is 0.161. The third kappa shape index (κ3) is 6.72. The maximum atomic E-state index is 12.2. The second-order valence-corrected chi connectivity index (χ2v) is 4.62. The van der Waals surface area contributed by atoms with Crippen LogP contribution in [0.2, 0.25) is 0 Å². The molecule has 2 amide bonds. The Morgan fingerprint density at radius 3 is 2.40 bits per heavy atom. The van der Waals surface area contributed by atoms with Gasteiger partial charge < -0.3 is 24.8 Å². The summed E-state index contributed by atoms with van der Waals surface area (Å²) in [5, 5.41) is 11.6. The number of urea groups is 1. The molecule has 0 spiro atoms. The van der Waals surface area contributed by atoms with Gasteiger partial charge in [-0.2, -0.15) is 0 Å². The van der Waals surface area contributed by atoms with E-state index in [0.717, 1.165) is 0 Å². The van der Waals surface area contributed by atoms with E-state index in [1.165, 1.54) is 4.90 Å². The summed E-state index contributed by atoms with van der Waals surface area (Å²) in [5.41, 5.74) is 0. The van der Waals surface area contributed by atoms with Gasteiger partial charge in [-0.1, -0.05) is 13.3 Å². The summed E-state index contributed by atoms with van der Waals surface area (Å²) in [6, 6.07) is -1.44. The number of aliphatic carboxylic acids is 1. The van der Waals surface area contributed by atoms with E-state index in [9.17, 15) is 9.59 Å². The van der Waals surface area contributed by atoms with Crippen LogP contribution in [0.3, 0.4) is 0 Å². The smallest absolute Gasteiger partial charge is 0.326 e. The lowest BCUT2D eigenvalue weighted by atomic mass is 10.2. The van der Waals surface area contributed by atoms with E-state index in [1.807, 2.05) is 13.8 Å². The first-order chi connectivity index (χ1) is 9.47. The molecule has 0 radical (unpaired) electrons. The highest BCUT2D eigenvalue weighted by Crippen LogP contribution is 2.04. The SMILES string of the molecule is CCC[C@H](NC(=O)N(CCOC)C(C)COC)C(=O)O. The van der Waals surface area contributed by atoms with Gasteiger partial charge in [-0.05, 0) is 13.3 Å². The number of carboxylic acids is 1. The molecule has 0 fully saturated rings. The number of hydrogen-bond acceptors (Lipinski definition) is 4. The van der Waals surface area contributed by atoms with Crippen LogP contribution < -0.4 is 5.32 Å². The van der Waals surface area contributed by atoms with Crippen LogP contribution in [0.1, 0.15) is 26.7 Å². The normalized spacial score (nSPS) is 13.6. The van der Waals surface area contributed by atoms with E-state index in [2.05, 4.69) is 5.32 Å². The van der Waals surface area contributed by atoms with E-state index in [4.69, 9.17) is 14.6 Å². The lowest BCUT2D eigenvalue weighted by Gasteiger charge is -2.30. The largest absolute Gasteiger partial charge is 0.480 e. The van der Waals surface area contributed by atoms with Crippen LogP contribution in [0.5, 0.6) is 0 Å². The fourth-order valence-electron chi connectivity index (χ4n) is 1.82. The number of carbonyl (C=O) groups excluding carboxylic acids is 1. The summed E-state index contributed by atoms with van der Waals surface area (Å²) in [5.74, 6) is -1.02. The summed E-state index contributed by atoms with van der Waals surface area (Å²) in [6.07, 6.45) is 1.08. The van der Waals surface area contributed by atoms with Gasteiger partial charge in [-0.15, -0.1) is 0 Å². The van der Waals surface area contributed by atoms with Crippen LogP contribution >= 0.6 is 0 Å². The summed E-state index contributed by atoms with van der Waals surface area (Å²) >= 11 is 0. The van der Waals surface area contributed by atoms with Crippen LogP contribution in [-0.2, 0) is 14.3 Å². The highest BCUT2D eigenvalue weighted by Gasteiger charge is 2.25. The molecule has 0 aromatic rings. The van der Waals surface area contributed by atoms with Crippen molar-refractivity contribution >= 4 is 12.0 Å². The van der Waals surface area contributed by atoms with Gasteiger partial charge in [-0.3, -0.25) is 0 Å². The monoisotopic (exact) mass is 290 g/mol. The molecular weight excluding hydrogens is 264 g/mol. The molecule has 0 saturated heterocycles. The number of nitrogens with one attached hydrogen (secondary N) is 1. The van der Waals surface area contributed by atoms with Crippen molar-refractivity contribution in [2.24, 2.45) is 0 Å². The van der Waals surface area contributed by atoms with Gasteiger partial charge in [-0.25, -0.2) is 9.59 Å². The molecule has 7 nitrogen and oxygen atoms in total. The summed E-state index contributed by atoms with van der Waals surface area (Å²) in [4.78, 5) is 24.8. The zero-order chi connectivity index (χ0) is 15.5. The molecule has 2 N–H and O–H groups in total. The van der Waals surface area contributed by atoms with Gasteiger partial charge in [0.25, 0.3) is 0 Å². The van der Waals surface area contributed by atoms with E-state index in [-0.39, 0.29) is 6.04 Å². The number of rotatable bonds is 10. The maximum Gasteiger partial charge on any atom is 0.326 e. The number of hydrogen-bond donors (Lipinski definition) is 2. The molecule has 0 aliphatic carbocycles. The molecule has 0 aliphatic rings. The average molecular weight is 290 g/mol. The van der Waals surface area contributed by atoms with Gasteiger partial charge in [0.1, 0.15) is 6.04 Å². The predicted molar refractivity (Wildman–Crippen MR) is 74.8 cm³/mol. The molecule has 0 aromatic carbocycles. The molecule has 0 heterocycles. The molecular formula is C13H26N2O5. The molecule has 0 aliphatic heterocycles. The first kappa shape index (κ1) is 18.7. The zero-order valence-electron chi connectivity index (χ0n) is 12.7. The fourth-order valence-corrected chi connectivity index (χ4v) is 1.82. The van der Waals surface area contributed by atoms with E-state index >= 15 is 0 Å². The second-order valence-electron chi connectivity index (χ2n) is 4.62. The Bertz CT molecular complexity index is 298. The number of amides is 2. The molecule has 1 unspecified atom stereocenters.